The monoisotopic (exact) mass is 316 g/mol. The lowest BCUT2D eigenvalue weighted by Crippen LogP contribution is -2.35. The van der Waals surface area contributed by atoms with Gasteiger partial charge in [-0.3, -0.25) is 0 Å². The fourth-order valence-electron chi connectivity index (χ4n) is 2.44. The van der Waals surface area contributed by atoms with Crippen molar-refractivity contribution in [2.75, 3.05) is 26.2 Å². The molecule has 6 heteroatoms. The first kappa shape index (κ1) is 15.8. The molecule has 1 heterocycles. The maximum Gasteiger partial charge on any atom is 0.242 e. The summed E-state index contributed by atoms with van der Waals surface area (Å²) in [6, 6.07) is 6.51. The molecule has 1 saturated heterocycles. The lowest BCUT2D eigenvalue weighted by Gasteiger charge is -2.19. The summed E-state index contributed by atoms with van der Waals surface area (Å²) in [6.07, 6.45) is 4.97. The summed E-state index contributed by atoms with van der Waals surface area (Å²) in [4.78, 5) is 2.47. The van der Waals surface area contributed by atoms with Gasteiger partial charge in [0, 0.05) is 13.1 Å². The van der Waals surface area contributed by atoms with Crippen LogP contribution in [0.3, 0.4) is 0 Å². The summed E-state index contributed by atoms with van der Waals surface area (Å²) in [5.41, 5.74) is 0. The number of sulfonamides is 1. The second kappa shape index (κ2) is 7.41. The van der Waals surface area contributed by atoms with Crippen LogP contribution in [0.5, 0.6) is 0 Å². The molecule has 0 aliphatic carbocycles. The first-order valence-corrected chi connectivity index (χ1v) is 8.92. The SMILES string of the molecule is O=S(=O)(NCCN1CCCCCC1)c1ccccc1Cl. The summed E-state index contributed by atoms with van der Waals surface area (Å²) >= 11 is 5.93. The summed E-state index contributed by atoms with van der Waals surface area (Å²) in [5, 5.41) is 0.259. The number of rotatable bonds is 5. The first-order chi connectivity index (χ1) is 9.59. The zero-order valence-corrected chi connectivity index (χ0v) is 13.1. The molecule has 0 bridgehead atoms. The number of nitrogens with one attached hydrogen (secondary N) is 1. The van der Waals surface area contributed by atoms with Crippen LogP contribution in [0.2, 0.25) is 5.02 Å². The van der Waals surface area contributed by atoms with E-state index in [0.717, 1.165) is 19.6 Å². The van der Waals surface area contributed by atoms with E-state index < -0.39 is 10.0 Å². The summed E-state index contributed by atoms with van der Waals surface area (Å²) in [6.45, 7) is 3.30. The van der Waals surface area contributed by atoms with Crippen LogP contribution in [0.1, 0.15) is 25.7 Å². The molecule has 0 amide bonds. The van der Waals surface area contributed by atoms with Crippen LogP contribution >= 0.6 is 11.6 Å². The Morgan fingerprint density at radius 3 is 2.40 bits per heavy atom. The van der Waals surface area contributed by atoms with Crippen LogP contribution in [-0.2, 0) is 10.0 Å². The van der Waals surface area contributed by atoms with Gasteiger partial charge in [-0.25, -0.2) is 13.1 Å². The van der Waals surface area contributed by atoms with E-state index in [-0.39, 0.29) is 9.92 Å². The lowest BCUT2D eigenvalue weighted by atomic mass is 10.2. The van der Waals surface area contributed by atoms with E-state index in [0.29, 0.717) is 6.54 Å². The largest absolute Gasteiger partial charge is 0.302 e. The van der Waals surface area contributed by atoms with E-state index in [1.807, 2.05) is 0 Å². The minimum Gasteiger partial charge on any atom is -0.302 e. The molecule has 0 atom stereocenters. The molecule has 4 nitrogen and oxygen atoms in total. The molecule has 0 saturated carbocycles. The van der Waals surface area contributed by atoms with E-state index in [2.05, 4.69) is 9.62 Å². The van der Waals surface area contributed by atoms with Gasteiger partial charge in [-0.05, 0) is 38.1 Å². The molecule has 1 aliphatic heterocycles. The second-order valence-corrected chi connectivity index (χ2v) is 7.23. The quantitative estimate of drug-likeness (QED) is 0.908. The van der Waals surface area contributed by atoms with Gasteiger partial charge in [-0.1, -0.05) is 36.6 Å². The van der Waals surface area contributed by atoms with Gasteiger partial charge >= 0.3 is 0 Å². The molecule has 20 heavy (non-hydrogen) atoms. The third-order valence-electron chi connectivity index (χ3n) is 3.54. The Kier molecular flexibility index (Phi) is 5.84. The highest BCUT2D eigenvalue weighted by Gasteiger charge is 2.17. The normalized spacial score (nSPS) is 17.9. The van der Waals surface area contributed by atoms with Crippen LogP contribution in [0.25, 0.3) is 0 Å². The highest BCUT2D eigenvalue weighted by molar-refractivity contribution is 7.89. The molecule has 1 fully saturated rings. The molecule has 1 aromatic rings. The number of hydrogen-bond acceptors (Lipinski definition) is 3. The van der Waals surface area contributed by atoms with Gasteiger partial charge in [0.1, 0.15) is 4.90 Å². The van der Waals surface area contributed by atoms with E-state index in [4.69, 9.17) is 11.6 Å². The standard InChI is InChI=1S/C14H21ClN2O2S/c15-13-7-3-4-8-14(13)20(18,19)16-9-12-17-10-5-1-2-6-11-17/h3-4,7-8,16H,1-2,5-6,9-12H2. The number of likely N-dealkylation sites (tertiary alicyclic amines) is 1. The van der Waals surface area contributed by atoms with Gasteiger partial charge in [0.25, 0.3) is 0 Å². The zero-order valence-electron chi connectivity index (χ0n) is 11.5. The first-order valence-electron chi connectivity index (χ1n) is 7.06. The Morgan fingerprint density at radius 1 is 1.10 bits per heavy atom. The molecule has 0 aromatic heterocycles. The number of halogens is 1. The fraction of sp³-hybridized carbons (Fsp3) is 0.571. The fourth-order valence-corrected chi connectivity index (χ4v) is 3.98. The Balaban J connectivity index is 1.88. The van der Waals surface area contributed by atoms with Gasteiger partial charge in [-0.2, -0.15) is 0 Å². The molecule has 2 rings (SSSR count). The molecular weight excluding hydrogens is 296 g/mol. The predicted molar refractivity (Wildman–Crippen MR) is 81.5 cm³/mol. The van der Waals surface area contributed by atoms with Crippen molar-refractivity contribution in [3.05, 3.63) is 29.3 Å². The molecule has 1 N–H and O–H groups in total. The van der Waals surface area contributed by atoms with Crippen molar-refractivity contribution < 1.29 is 8.42 Å². The van der Waals surface area contributed by atoms with Crippen molar-refractivity contribution in [1.82, 2.24) is 9.62 Å². The minimum absolute atomic E-state index is 0.150. The molecule has 1 aromatic carbocycles. The maximum atomic E-state index is 12.1. The Hall–Kier alpha value is -0.620. The number of hydrogen-bond donors (Lipinski definition) is 1. The average Bonchev–Trinajstić information content (AvgIpc) is 2.67. The van der Waals surface area contributed by atoms with Crippen LogP contribution < -0.4 is 4.72 Å². The lowest BCUT2D eigenvalue weighted by molar-refractivity contribution is 0.290. The summed E-state index contributed by atoms with van der Waals surface area (Å²) in [7, 11) is -3.51. The van der Waals surface area contributed by atoms with Crippen molar-refractivity contribution >= 4 is 21.6 Å². The summed E-state index contributed by atoms with van der Waals surface area (Å²) < 4.78 is 26.9. The van der Waals surface area contributed by atoms with Crippen molar-refractivity contribution in [3.8, 4) is 0 Å². The van der Waals surface area contributed by atoms with E-state index in [1.54, 1.807) is 18.2 Å². The zero-order chi connectivity index (χ0) is 14.4. The van der Waals surface area contributed by atoms with Gasteiger partial charge in [0.05, 0.1) is 5.02 Å². The van der Waals surface area contributed by atoms with Crippen molar-refractivity contribution in [1.29, 1.82) is 0 Å². The Labute approximate surface area is 126 Å². The minimum atomic E-state index is -3.51. The smallest absolute Gasteiger partial charge is 0.242 e. The van der Waals surface area contributed by atoms with E-state index in [1.165, 1.54) is 31.7 Å². The summed E-state index contributed by atoms with van der Waals surface area (Å²) in [5.74, 6) is 0. The van der Waals surface area contributed by atoms with Gasteiger partial charge in [-0.15, -0.1) is 0 Å². The van der Waals surface area contributed by atoms with Crippen molar-refractivity contribution in [2.24, 2.45) is 0 Å². The second-order valence-electron chi connectivity index (χ2n) is 5.08. The van der Waals surface area contributed by atoms with Gasteiger partial charge in [0.15, 0.2) is 0 Å². The van der Waals surface area contributed by atoms with Gasteiger partial charge in [0.2, 0.25) is 10.0 Å². The molecule has 1 aliphatic rings. The molecule has 0 unspecified atom stereocenters. The van der Waals surface area contributed by atoms with Crippen LogP contribution in [0, 0.1) is 0 Å². The Bertz CT molecular complexity index is 526. The topological polar surface area (TPSA) is 49.4 Å². The molecule has 112 valence electrons. The van der Waals surface area contributed by atoms with Crippen molar-refractivity contribution in [3.63, 3.8) is 0 Å². The van der Waals surface area contributed by atoms with E-state index in [9.17, 15) is 8.42 Å². The molecular formula is C14H21ClN2O2S. The molecule has 0 spiro atoms. The van der Waals surface area contributed by atoms with E-state index >= 15 is 0 Å². The third-order valence-corrected chi connectivity index (χ3v) is 5.51. The van der Waals surface area contributed by atoms with Crippen LogP contribution in [0.15, 0.2) is 29.2 Å². The highest BCUT2D eigenvalue weighted by Crippen LogP contribution is 2.19. The Morgan fingerprint density at radius 2 is 1.75 bits per heavy atom. The number of benzene rings is 1. The number of nitrogens with zero attached hydrogens (tertiary/aromatic N) is 1. The maximum absolute atomic E-state index is 12.1. The molecule has 0 radical (unpaired) electrons. The average molecular weight is 317 g/mol. The van der Waals surface area contributed by atoms with Crippen LogP contribution in [-0.4, -0.2) is 39.5 Å². The third kappa shape index (κ3) is 4.45. The highest BCUT2D eigenvalue weighted by atomic mass is 35.5. The van der Waals surface area contributed by atoms with Crippen molar-refractivity contribution in [2.45, 2.75) is 30.6 Å². The predicted octanol–water partition coefficient (Wildman–Crippen LogP) is 2.49. The van der Waals surface area contributed by atoms with Gasteiger partial charge < -0.3 is 4.90 Å². The van der Waals surface area contributed by atoms with Crippen LogP contribution in [0.4, 0.5) is 0 Å².